The van der Waals surface area contributed by atoms with Crippen LogP contribution < -0.4 is 0 Å². The fourth-order valence-electron chi connectivity index (χ4n) is 4.53. The van der Waals surface area contributed by atoms with E-state index in [1.807, 2.05) is 0 Å². The second-order valence-corrected chi connectivity index (χ2v) is 9.41. The van der Waals surface area contributed by atoms with Crippen molar-refractivity contribution in [3.8, 4) is 0 Å². The maximum atomic E-state index is 10.6. The highest BCUT2D eigenvalue weighted by Crippen LogP contribution is 2.38. The molecule has 0 saturated carbocycles. The third kappa shape index (κ3) is 9.62. The summed E-state index contributed by atoms with van der Waals surface area (Å²) in [4.78, 5) is 27.7. The monoisotopic (exact) mass is 567 g/mol. The number of para-hydroxylation sites is 1. The molecule has 2 fully saturated rings. The maximum absolute atomic E-state index is 10.6. The number of piperidine rings is 1. The van der Waals surface area contributed by atoms with Gasteiger partial charge in [0.25, 0.3) is 0 Å². The lowest BCUT2D eigenvalue weighted by molar-refractivity contribution is -0.193. The molecule has 14 heteroatoms. The van der Waals surface area contributed by atoms with Crippen LogP contribution >= 0.6 is 0 Å². The van der Waals surface area contributed by atoms with Crippen molar-refractivity contribution >= 4 is 22.8 Å². The molecule has 2 aromatic rings. The number of likely N-dealkylation sites (N-methyl/N-ethyl adjacent to an activating group) is 1. The lowest BCUT2D eigenvalue weighted by Crippen LogP contribution is -2.71. The molecule has 3 heterocycles. The first-order valence-corrected chi connectivity index (χ1v) is 12.0. The lowest BCUT2D eigenvalue weighted by Gasteiger charge is -2.58. The molecule has 1 spiro atoms. The van der Waals surface area contributed by atoms with Gasteiger partial charge < -0.3 is 14.9 Å². The van der Waals surface area contributed by atoms with Crippen LogP contribution in [0.5, 0.6) is 0 Å². The number of hydrogen-bond donors (Lipinski definition) is 2. The highest BCUT2D eigenvalue weighted by atomic mass is 19.4. The highest BCUT2D eigenvalue weighted by Gasteiger charge is 2.49. The van der Waals surface area contributed by atoms with Crippen molar-refractivity contribution < 1.29 is 50.9 Å². The van der Waals surface area contributed by atoms with Crippen LogP contribution in [0.25, 0.3) is 10.9 Å². The predicted octanol–water partition coefficient (Wildman–Crippen LogP) is 4.43. The Hall–Kier alpha value is -2.97. The molecule has 1 aromatic heterocycles. The van der Waals surface area contributed by atoms with Crippen molar-refractivity contribution in [3.63, 3.8) is 0 Å². The van der Waals surface area contributed by atoms with Gasteiger partial charge in [-0.3, -0.25) is 14.8 Å². The first-order chi connectivity index (χ1) is 18.1. The molecule has 1 aromatic carbocycles. The van der Waals surface area contributed by atoms with Gasteiger partial charge in [0, 0.05) is 43.8 Å². The molecule has 2 aliphatic heterocycles. The fourth-order valence-corrected chi connectivity index (χ4v) is 4.53. The van der Waals surface area contributed by atoms with Crippen molar-refractivity contribution in [2.45, 2.75) is 44.2 Å². The smallest absolute Gasteiger partial charge is 0.475 e. The third-order valence-electron chi connectivity index (χ3n) is 6.47. The number of pyridine rings is 1. The summed E-state index contributed by atoms with van der Waals surface area (Å²) in [5.41, 5.74) is 2.64. The number of fused-ring (bicyclic) bond motifs is 1. The van der Waals surface area contributed by atoms with Gasteiger partial charge in [0.15, 0.2) is 0 Å². The Balaban J connectivity index is 0.000000317. The molecule has 2 saturated heterocycles. The average Bonchev–Trinajstić information content (AvgIpc) is 2.83. The molecule has 0 bridgehead atoms. The van der Waals surface area contributed by atoms with E-state index in [4.69, 9.17) is 29.5 Å². The number of halogens is 6. The van der Waals surface area contributed by atoms with Crippen LogP contribution in [0.15, 0.2) is 36.4 Å². The fraction of sp³-hybridized carbons (Fsp3) is 0.560. The molecule has 1 atom stereocenters. The molecule has 4 rings (SSSR count). The Morgan fingerprint density at radius 3 is 2.13 bits per heavy atom. The molecule has 0 amide bonds. The molecule has 0 radical (unpaired) electrons. The topological polar surface area (TPSA) is 103 Å². The number of likely N-dealkylation sites (tertiary alicyclic amines) is 2. The lowest BCUT2D eigenvalue weighted by atomic mass is 9.75. The summed E-state index contributed by atoms with van der Waals surface area (Å²) < 4.78 is 69.2. The van der Waals surface area contributed by atoms with E-state index in [-0.39, 0.29) is 0 Å². The summed E-state index contributed by atoms with van der Waals surface area (Å²) in [5.74, 6) is -4.79. The van der Waals surface area contributed by atoms with Crippen LogP contribution in [0.1, 0.15) is 25.5 Å². The minimum Gasteiger partial charge on any atom is -0.475 e. The summed E-state index contributed by atoms with van der Waals surface area (Å²) in [7, 11) is 2.29. The van der Waals surface area contributed by atoms with E-state index >= 15 is 0 Å². The Bertz CT molecular complexity index is 1080. The number of aliphatic carboxylic acids is 2. The zero-order valence-electron chi connectivity index (χ0n) is 21.4. The number of carbonyl (C=O) groups is 2. The molecule has 2 N–H and O–H groups in total. The Morgan fingerprint density at radius 1 is 1.03 bits per heavy atom. The number of benzene rings is 1. The first-order valence-electron chi connectivity index (χ1n) is 12.0. The SMILES string of the molecule is CCOCC1CCN(C)C2(C1)CN(Cc1ccc3ccccc3n1)C2.O=C(O)C(F)(F)F.O=C(O)C(F)(F)F. The van der Waals surface area contributed by atoms with E-state index in [1.165, 1.54) is 30.5 Å². The van der Waals surface area contributed by atoms with E-state index < -0.39 is 24.3 Å². The molecule has 2 aliphatic rings. The van der Waals surface area contributed by atoms with Crippen LogP contribution in [0.4, 0.5) is 26.3 Å². The minimum absolute atomic E-state index is 0.358. The van der Waals surface area contributed by atoms with Crippen LogP contribution in [0.3, 0.4) is 0 Å². The Morgan fingerprint density at radius 2 is 1.59 bits per heavy atom. The van der Waals surface area contributed by atoms with Gasteiger partial charge in [-0.05, 0) is 51.4 Å². The van der Waals surface area contributed by atoms with Gasteiger partial charge in [-0.25, -0.2) is 9.59 Å². The summed E-state index contributed by atoms with van der Waals surface area (Å²) in [6, 6.07) is 12.7. The molecule has 218 valence electrons. The summed E-state index contributed by atoms with van der Waals surface area (Å²) in [6.45, 7) is 8.31. The van der Waals surface area contributed by atoms with E-state index in [1.54, 1.807) is 0 Å². The zero-order valence-corrected chi connectivity index (χ0v) is 21.4. The van der Waals surface area contributed by atoms with Gasteiger partial charge in [-0.15, -0.1) is 0 Å². The van der Waals surface area contributed by atoms with Crippen LogP contribution in [0.2, 0.25) is 0 Å². The molecule has 8 nitrogen and oxygen atoms in total. The number of ether oxygens (including phenoxy) is 1. The average molecular weight is 568 g/mol. The van der Waals surface area contributed by atoms with E-state index in [2.05, 4.69) is 60.2 Å². The number of hydrogen-bond acceptors (Lipinski definition) is 6. The summed E-state index contributed by atoms with van der Waals surface area (Å²) >= 11 is 0. The molecule has 39 heavy (non-hydrogen) atoms. The van der Waals surface area contributed by atoms with E-state index in [0.717, 1.165) is 44.3 Å². The zero-order chi connectivity index (χ0) is 29.4. The standard InChI is InChI=1S/C21H29N3O.2C2HF3O2/c1-3-25-14-17-10-11-23(2)21(12-17)15-24(16-21)13-19-9-8-18-6-4-5-7-20(18)22-19;2*3-2(4,5)1(6)7/h4-9,17H,3,10-16H2,1-2H3;2*(H,6,7). The number of nitrogens with zero attached hydrogens (tertiary/aromatic N) is 3. The van der Waals surface area contributed by atoms with Crippen molar-refractivity contribution in [1.82, 2.24) is 14.8 Å². The van der Waals surface area contributed by atoms with Crippen molar-refractivity contribution in [3.05, 3.63) is 42.1 Å². The second-order valence-electron chi connectivity index (χ2n) is 9.41. The van der Waals surface area contributed by atoms with Crippen molar-refractivity contribution in [2.75, 3.05) is 39.9 Å². The quantitative estimate of drug-likeness (QED) is 0.512. The van der Waals surface area contributed by atoms with Crippen molar-refractivity contribution in [2.24, 2.45) is 5.92 Å². The van der Waals surface area contributed by atoms with Crippen LogP contribution in [0, 0.1) is 5.92 Å². The van der Waals surface area contributed by atoms with E-state index in [9.17, 15) is 26.3 Å². The number of rotatable bonds is 5. The third-order valence-corrected chi connectivity index (χ3v) is 6.47. The number of carboxylic acid groups (broad SMARTS) is 2. The first kappa shape index (κ1) is 32.2. The normalized spacial score (nSPS) is 19.3. The number of carboxylic acids is 2. The van der Waals surface area contributed by atoms with Crippen LogP contribution in [-0.4, -0.2) is 94.7 Å². The molecule has 1 unspecified atom stereocenters. The van der Waals surface area contributed by atoms with Gasteiger partial charge in [0.1, 0.15) is 0 Å². The number of alkyl halides is 6. The van der Waals surface area contributed by atoms with Gasteiger partial charge in [-0.1, -0.05) is 24.3 Å². The molecular formula is C25H31F6N3O5. The molecular weight excluding hydrogens is 536 g/mol. The van der Waals surface area contributed by atoms with Gasteiger partial charge in [-0.2, -0.15) is 26.3 Å². The van der Waals surface area contributed by atoms with Gasteiger partial charge in [0.05, 0.1) is 11.2 Å². The van der Waals surface area contributed by atoms with E-state index in [0.29, 0.717) is 5.54 Å². The Kier molecular flexibility index (Phi) is 11.1. The summed E-state index contributed by atoms with van der Waals surface area (Å²) in [6.07, 6.45) is -7.63. The number of aromatic nitrogens is 1. The minimum atomic E-state index is -5.08. The van der Waals surface area contributed by atoms with Gasteiger partial charge in [0.2, 0.25) is 0 Å². The maximum Gasteiger partial charge on any atom is 0.490 e. The highest BCUT2D eigenvalue weighted by molar-refractivity contribution is 5.78. The molecule has 0 aliphatic carbocycles. The second kappa shape index (κ2) is 13.4. The Labute approximate surface area is 221 Å². The largest absolute Gasteiger partial charge is 0.490 e. The summed E-state index contributed by atoms with van der Waals surface area (Å²) in [5, 5.41) is 15.5. The van der Waals surface area contributed by atoms with Crippen molar-refractivity contribution in [1.29, 1.82) is 0 Å². The van der Waals surface area contributed by atoms with Gasteiger partial charge >= 0.3 is 24.3 Å². The predicted molar refractivity (Wildman–Crippen MR) is 129 cm³/mol. The van der Waals surface area contributed by atoms with Crippen LogP contribution in [-0.2, 0) is 20.9 Å².